The van der Waals surface area contributed by atoms with Crippen molar-refractivity contribution in [3.05, 3.63) is 65.7 Å². The molecule has 0 unspecified atom stereocenters. The van der Waals surface area contributed by atoms with Gasteiger partial charge in [0.25, 0.3) is 5.91 Å². The molecule has 128 valence electrons. The van der Waals surface area contributed by atoms with Gasteiger partial charge >= 0.3 is 0 Å². The zero-order valence-corrected chi connectivity index (χ0v) is 14.7. The van der Waals surface area contributed by atoms with Crippen LogP contribution in [0.2, 0.25) is 0 Å². The Labute approximate surface area is 146 Å². The van der Waals surface area contributed by atoms with Gasteiger partial charge in [0, 0.05) is 12.7 Å². The summed E-state index contributed by atoms with van der Waals surface area (Å²) < 4.78 is 6.71. The highest BCUT2D eigenvalue weighted by molar-refractivity contribution is 6.03. The SMILES string of the molecule is COc1ccc(-n2cnc(C(=O)N(C)c3ccc(C)c(C)c3)n2)cc1. The summed E-state index contributed by atoms with van der Waals surface area (Å²) in [7, 11) is 3.34. The predicted octanol–water partition coefficient (Wildman–Crippen LogP) is 3.17. The highest BCUT2D eigenvalue weighted by Gasteiger charge is 2.18. The molecule has 0 aliphatic heterocycles. The van der Waals surface area contributed by atoms with Crippen LogP contribution >= 0.6 is 0 Å². The molecule has 0 atom stereocenters. The molecule has 0 aliphatic carbocycles. The van der Waals surface area contributed by atoms with Gasteiger partial charge in [0.1, 0.15) is 12.1 Å². The number of amides is 1. The largest absolute Gasteiger partial charge is 0.497 e. The monoisotopic (exact) mass is 336 g/mol. The van der Waals surface area contributed by atoms with Crippen LogP contribution in [-0.4, -0.2) is 34.8 Å². The number of anilines is 1. The van der Waals surface area contributed by atoms with E-state index in [0.717, 1.165) is 22.7 Å². The number of hydrogen-bond acceptors (Lipinski definition) is 4. The van der Waals surface area contributed by atoms with Crippen LogP contribution in [0.3, 0.4) is 0 Å². The fraction of sp³-hybridized carbons (Fsp3) is 0.211. The van der Waals surface area contributed by atoms with Crippen molar-refractivity contribution in [2.75, 3.05) is 19.1 Å². The fourth-order valence-electron chi connectivity index (χ4n) is 2.42. The van der Waals surface area contributed by atoms with Crippen molar-refractivity contribution in [1.82, 2.24) is 14.8 Å². The van der Waals surface area contributed by atoms with Crippen LogP contribution in [0.15, 0.2) is 48.8 Å². The Morgan fingerprint density at radius 2 is 1.80 bits per heavy atom. The molecule has 6 nitrogen and oxygen atoms in total. The molecule has 0 aliphatic rings. The molecule has 0 saturated carbocycles. The molecule has 0 saturated heterocycles. The first-order valence-electron chi connectivity index (χ1n) is 7.91. The molecular weight excluding hydrogens is 316 g/mol. The number of benzene rings is 2. The van der Waals surface area contributed by atoms with Gasteiger partial charge in [-0.3, -0.25) is 4.79 Å². The first-order valence-corrected chi connectivity index (χ1v) is 7.91. The van der Waals surface area contributed by atoms with Gasteiger partial charge in [-0.1, -0.05) is 6.07 Å². The molecule has 0 spiro atoms. The van der Waals surface area contributed by atoms with E-state index in [1.165, 1.54) is 11.9 Å². The van der Waals surface area contributed by atoms with E-state index in [1.54, 1.807) is 23.7 Å². The van der Waals surface area contributed by atoms with Crippen molar-refractivity contribution in [3.63, 3.8) is 0 Å². The lowest BCUT2D eigenvalue weighted by atomic mass is 10.1. The lowest BCUT2D eigenvalue weighted by molar-refractivity contribution is 0.0983. The van der Waals surface area contributed by atoms with Gasteiger partial charge in [0.15, 0.2) is 0 Å². The first-order chi connectivity index (χ1) is 12.0. The molecule has 6 heteroatoms. The smallest absolute Gasteiger partial charge is 0.297 e. The average Bonchev–Trinajstić information content (AvgIpc) is 3.13. The van der Waals surface area contributed by atoms with Crippen LogP contribution in [-0.2, 0) is 0 Å². The van der Waals surface area contributed by atoms with Crippen LogP contribution in [0.4, 0.5) is 5.69 Å². The summed E-state index contributed by atoms with van der Waals surface area (Å²) in [6.45, 7) is 4.06. The zero-order valence-electron chi connectivity index (χ0n) is 14.7. The van der Waals surface area contributed by atoms with Gasteiger partial charge in [-0.25, -0.2) is 9.67 Å². The molecule has 1 aromatic heterocycles. The minimum Gasteiger partial charge on any atom is -0.497 e. The summed E-state index contributed by atoms with van der Waals surface area (Å²) in [4.78, 5) is 18.4. The van der Waals surface area contributed by atoms with E-state index in [1.807, 2.05) is 56.3 Å². The van der Waals surface area contributed by atoms with E-state index in [4.69, 9.17) is 4.74 Å². The van der Waals surface area contributed by atoms with E-state index in [0.29, 0.717) is 0 Å². The molecule has 0 radical (unpaired) electrons. The number of methoxy groups -OCH3 is 1. The van der Waals surface area contributed by atoms with Gasteiger partial charge < -0.3 is 9.64 Å². The first kappa shape index (κ1) is 16.7. The Hall–Kier alpha value is -3.15. The molecule has 1 amide bonds. The van der Waals surface area contributed by atoms with Crippen LogP contribution in [0.1, 0.15) is 21.7 Å². The topological polar surface area (TPSA) is 60.3 Å². The number of hydrogen-bond donors (Lipinski definition) is 0. The Balaban J connectivity index is 1.82. The normalized spacial score (nSPS) is 10.6. The Morgan fingerprint density at radius 1 is 1.08 bits per heavy atom. The standard InChI is InChI=1S/C19H20N4O2/c1-13-5-6-16(11-14(13)2)22(3)19(24)18-20-12-23(21-18)15-7-9-17(25-4)10-8-15/h5-12H,1-4H3. The summed E-state index contributed by atoms with van der Waals surface area (Å²) >= 11 is 0. The van der Waals surface area contributed by atoms with Crippen molar-refractivity contribution >= 4 is 11.6 Å². The van der Waals surface area contributed by atoms with Gasteiger partial charge in [-0.15, -0.1) is 5.10 Å². The third kappa shape index (κ3) is 3.38. The van der Waals surface area contributed by atoms with Gasteiger partial charge in [0.2, 0.25) is 5.82 Å². The molecule has 0 fully saturated rings. The maximum absolute atomic E-state index is 12.7. The van der Waals surface area contributed by atoms with Crippen LogP contribution in [0.25, 0.3) is 5.69 Å². The quantitative estimate of drug-likeness (QED) is 0.734. The maximum atomic E-state index is 12.7. The van der Waals surface area contributed by atoms with Crippen LogP contribution in [0, 0.1) is 13.8 Å². The van der Waals surface area contributed by atoms with Crippen LogP contribution in [0.5, 0.6) is 5.75 Å². The van der Waals surface area contributed by atoms with E-state index >= 15 is 0 Å². The third-order valence-electron chi connectivity index (χ3n) is 4.20. The number of rotatable bonds is 4. The lowest BCUT2D eigenvalue weighted by Gasteiger charge is -2.16. The second-order valence-corrected chi connectivity index (χ2v) is 5.84. The van der Waals surface area contributed by atoms with Gasteiger partial charge in [0.05, 0.1) is 12.8 Å². The van der Waals surface area contributed by atoms with E-state index in [9.17, 15) is 4.79 Å². The Bertz CT molecular complexity index is 900. The summed E-state index contributed by atoms with van der Waals surface area (Å²) in [5.41, 5.74) is 3.94. The van der Waals surface area contributed by atoms with Gasteiger partial charge in [-0.05, 0) is 61.4 Å². The Morgan fingerprint density at radius 3 is 2.44 bits per heavy atom. The molecular formula is C19H20N4O2. The third-order valence-corrected chi connectivity index (χ3v) is 4.20. The predicted molar refractivity (Wildman–Crippen MR) is 96.6 cm³/mol. The highest BCUT2D eigenvalue weighted by Crippen LogP contribution is 2.19. The number of carbonyl (C=O) groups excluding carboxylic acids is 1. The van der Waals surface area contributed by atoms with Crippen molar-refractivity contribution in [1.29, 1.82) is 0 Å². The molecule has 0 bridgehead atoms. The second kappa shape index (κ2) is 6.76. The molecule has 0 N–H and O–H groups in total. The van der Waals surface area contributed by atoms with Crippen LogP contribution < -0.4 is 9.64 Å². The van der Waals surface area contributed by atoms with E-state index in [-0.39, 0.29) is 11.7 Å². The van der Waals surface area contributed by atoms with Crippen molar-refractivity contribution in [2.24, 2.45) is 0 Å². The minimum atomic E-state index is -0.254. The molecule has 2 aromatic carbocycles. The second-order valence-electron chi connectivity index (χ2n) is 5.84. The summed E-state index contributed by atoms with van der Waals surface area (Å²) in [5, 5.41) is 4.30. The van der Waals surface area contributed by atoms with E-state index in [2.05, 4.69) is 10.1 Å². The molecule has 3 rings (SSSR count). The summed E-state index contributed by atoms with van der Waals surface area (Å²) in [6.07, 6.45) is 1.53. The molecule has 25 heavy (non-hydrogen) atoms. The molecule has 3 aromatic rings. The Kier molecular flexibility index (Phi) is 4.52. The number of aryl methyl sites for hydroxylation is 2. The highest BCUT2D eigenvalue weighted by atomic mass is 16.5. The number of carbonyl (C=O) groups is 1. The number of ether oxygens (including phenoxy) is 1. The number of nitrogens with zero attached hydrogens (tertiary/aromatic N) is 4. The average molecular weight is 336 g/mol. The van der Waals surface area contributed by atoms with Gasteiger partial charge in [-0.2, -0.15) is 0 Å². The fourth-order valence-corrected chi connectivity index (χ4v) is 2.42. The summed E-state index contributed by atoms with van der Waals surface area (Å²) in [6, 6.07) is 13.3. The lowest BCUT2D eigenvalue weighted by Crippen LogP contribution is -2.27. The zero-order chi connectivity index (χ0) is 18.0. The molecule has 1 heterocycles. The summed E-state index contributed by atoms with van der Waals surface area (Å²) in [5.74, 6) is 0.654. The van der Waals surface area contributed by atoms with Crippen molar-refractivity contribution in [2.45, 2.75) is 13.8 Å². The number of aromatic nitrogens is 3. The minimum absolute atomic E-state index is 0.150. The van der Waals surface area contributed by atoms with Crippen molar-refractivity contribution in [3.8, 4) is 11.4 Å². The maximum Gasteiger partial charge on any atom is 0.297 e. The van der Waals surface area contributed by atoms with E-state index < -0.39 is 0 Å². The van der Waals surface area contributed by atoms with Crippen molar-refractivity contribution < 1.29 is 9.53 Å².